The van der Waals surface area contributed by atoms with E-state index in [0.717, 1.165) is 17.5 Å². The zero-order valence-corrected chi connectivity index (χ0v) is 8.21. The topological polar surface area (TPSA) is 17.1 Å². The molecule has 0 fully saturated rings. The molecule has 1 aliphatic carbocycles. The minimum absolute atomic E-state index is 0.216. The van der Waals surface area contributed by atoms with Gasteiger partial charge in [0.2, 0.25) is 0 Å². The third-order valence-electron chi connectivity index (χ3n) is 2.99. The van der Waals surface area contributed by atoms with Gasteiger partial charge in [-0.25, -0.2) is 0 Å². The molecule has 0 amide bonds. The Morgan fingerprint density at radius 2 is 2.14 bits per heavy atom. The summed E-state index contributed by atoms with van der Waals surface area (Å²) >= 11 is 0. The van der Waals surface area contributed by atoms with Gasteiger partial charge in [-0.2, -0.15) is 0 Å². The molecule has 0 radical (unpaired) electrons. The van der Waals surface area contributed by atoms with E-state index in [1.165, 1.54) is 0 Å². The third-order valence-corrected chi connectivity index (χ3v) is 2.99. The van der Waals surface area contributed by atoms with Crippen molar-refractivity contribution in [3.63, 3.8) is 0 Å². The SMILES string of the molecule is C#CC1(C)CCC(=O)c2ccccc21. The number of carbonyl (C=O) groups excluding carboxylic acids is 1. The Balaban J connectivity index is 2.65. The Hall–Kier alpha value is -1.55. The quantitative estimate of drug-likeness (QED) is 0.566. The molecular weight excluding hydrogens is 172 g/mol. The van der Waals surface area contributed by atoms with Crippen molar-refractivity contribution >= 4 is 5.78 Å². The summed E-state index contributed by atoms with van der Waals surface area (Å²) in [6.45, 7) is 2.03. The summed E-state index contributed by atoms with van der Waals surface area (Å²) in [7, 11) is 0. The van der Waals surface area contributed by atoms with Crippen LogP contribution in [0.1, 0.15) is 35.7 Å². The molecule has 0 N–H and O–H groups in total. The van der Waals surface area contributed by atoms with Gasteiger partial charge in [-0.15, -0.1) is 6.42 Å². The highest BCUT2D eigenvalue weighted by molar-refractivity contribution is 5.99. The molecule has 0 spiro atoms. The second-order valence-corrected chi connectivity index (χ2v) is 3.95. The summed E-state index contributed by atoms with van der Waals surface area (Å²) in [5.41, 5.74) is 1.56. The smallest absolute Gasteiger partial charge is 0.163 e. The van der Waals surface area contributed by atoms with Gasteiger partial charge in [-0.3, -0.25) is 4.79 Å². The van der Waals surface area contributed by atoms with E-state index in [2.05, 4.69) is 5.92 Å². The molecule has 0 bridgehead atoms. The predicted octanol–water partition coefficient (Wildman–Crippen LogP) is 2.55. The van der Waals surface area contributed by atoms with Crippen molar-refractivity contribution in [2.45, 2.75) is 25.2 Å². The number of rotatable bonds is 0. The number of benzene rings is 1. The minimum Gasteiger partial charge on any atom is -0.294 e. The van der Waals surface area contributed by atoms with Crippen molar-refractivity contribution in [3.8, 4) is 12.3 Å². The van der Waals surface area contributed by atoms with E-state index in [4.69, 9.17) is 6.42 Å². The molecule has 0 saturated carbocycles. The van der Waals surface area contributed by atoms with E-state index in [1.54, 1.807) is 0 Å². The Morgan fingerprint density at radius 3 is 2.86 bits per heavy atom. The Bertz CT molecular complexity index is 425. The van der Waals surface area contributed by atoms with Crippen molar-refractivity contribution in [2.24, 2.45) is 0 Å². The number of hydrogen-bond donors (Lipinski definition) is 0. The van der Waals surface area contributed by atoms with Crippen LogP contribution in [-0.2, 0) is 5.41 Å². The van der Waals surface area contributed by atoms with Crippen molar-refractivity contribution in [1.82, 2.24) is 0 Å². The van der Waals surface area contributed by atoms with E-state index in [9.17, 15) is 4.79 Å². The minimum atomic E-state index is -0.259. The van der Waals surface area contributed by atoms with Gasteiger partial charge in [-0.05, 0) is 18.9 Å². The lowest BCUT2D eigenvalue weighted by Gasteiger charge is -2.30. The molecule has 0 heterocycles. The van der Waals surface area contributed by atoms with E-state index >= 15 is 0 Å². The number of terminal acetylenes is 1. The average Bonchev–Trinajstić information content (AvgIpc) is 2.24. The second-order valence-electron chi connectivity index (χ2n) is 3.95. The van der Waals surface area contributed by atoms with Crippen molar-refractivity contribution in [3.05, 3.63) is 35.4 Å². The normalized spacial score (nSPS) is 25.3. The summed E-state index contributed by atoms with van der Waals surface area (Å²) in [4.78, 5) is 11.6. The molecule has 1 aliphatic rings. The molecule has 2 rings (SSSR count). The summed E-state index contributed by atoms with van der Waals surface area (Å²) in [5, 5.41) is 0. The first-order chi connectivity index (χ1) is 6.67. The lowest BCUT2D eigenvalue weighted by atomic mass is 9.71. The van der Waals surface area contributed by atoms with E-state index in [1.807, 2.05) is 31.2 Å². The van der Waals surface area contributed by atoms with Crippen LogP contribution in [0.2, 0.25) is 0 Å². The fourth-order valence-electron chi connectivity index (χ4n) is 1.99. The number of ketones is 1. The van der Waals surface area contributed by atoms with Crippen molar-refractivity contribution in [1.29, 1.82) is 0 Å². The highest BCUT2D eigenvalue weighted by Gasteiger charge is 2.33. The maximum atomic E-state index is 11.6. The third kappa shape index (κ3) is 1.15. The van der Waals surface area contributed by atoms with Crippen LogP contribution >= 0.6 is 0 Å². The molecule has 0 saturated heterocycles. The van der Waals surface area contributed by atoms with Gasteiger partial charge in [0, 0.05) is 12.0 Å². The second kappa shape index (κ2) is 2.99. The zero-order valence-electron chi connectivity index (χ0n) is 8.21. The van der Waals surface area contributed by atoms with Crippen LogP contribution in [0.25, 0.3) is 0 Å². The highest BCUT2D eigenvalue weighted by atomic mass is 16.1. The van der Waals surface area contributed by atoms with Gasteiger partial charge in [-0.1, -0.05) is 30.2 Å². The monoisotopic (exact) mass is 184 g/mol. The summed E-state index contributed by atoms with van der Waals surface area (Å²) in [6.07, 6.45) is 6.87. The van der Waals surface area contributed by atoms with Crippen molar-refractivity contribution in [2.75, 3.05) is 0 Å². The molecule has 0 aliphatic heterocycles. The average molecular weight is 184 g/mol. The molecule has 1 aromatic carbocycles. The van der Waals surface area contributed by atoms with Crippen LogP contribution < -0.4 is 0 Å². The number of carbonyl (C=O) groups is 1. The fraction of sp³-hybridized carbons (Fsp3) is 0.308. The molecule has 1 aromatic rings. The zero-order chi connectivity index (χ0) is 10.2. The fourth-order valence-corrected chi connectivity index (χ4v) is 1.99. The first-order valence-electron chi connectivity index (χ1n) is 4.78. The van der Waals surface area contributed by atoms with Crippen LogP contribution in [0, 0.1) is 12.3 Å². The number of hydrogen-bond acceptors (Lipinski definition) is 1. The Morgan fingerprint density at radius 1 is 1.43 bits per heavy atom. The largest absolute Gasteiger partial charge is 0.294 e. The highest BCUT2D eigenvalue weighted by Crippen LogP contribution is 2.36. The first-order valence-corrected chi connectivity index (χ1v) is 4.78. The standard InChI is InChI=1S/C13H12O/c1-3-13(2)9-8-12(14)10-6-4-5-7-11(10)13/h1,4-7H,8-9H2,2H3. The summed E-state index contributed by atoms with van der Waals surface area (Å²) in [6, 6.07) is 7.66. The lowest BCUT2D eigenvalue weighted by molar-refractivity contribution is 0.0962. The lowest BCUT2D eigenvalue weighted by Crippen LogP contribution is -2.28. The van der Waals surface area contributed by atoms with Crippen LogP contribution in [-0.4, -0.2) is 5.78 Å². The molecule has 1 atom stereocenters. The Kier molecular flexibility index (Phi) is 1.93. The van der Waals surface area contributed by atoms with Crippen molar-refractivity contribution < 1.29 is 4.79 Å². The van der Waals surface area contributed by atoms with Gasteiger partial charge >= 0.3 is 0 Å². The number of fused-ring (bicyclic) bond motifs is 1. The van der Waals surface area contributed by atoms with Crippen LogP contribution in [0.4, 0.5) is 0 Å². The maximum absolute atomic E-state index is 11.6. The molecule has 1 heteroatoms. The molecule has 1 unspecified atom stereocenters. The van der Waals surface area contributed by atoms with Crippen LogP contribution in [0.15, 0.2) is 24.3 Å². The van der Waals surface area contributed by atoms with Gasteiger partial charge in [0.1, 0.15) is 0 Å². The molecular formula is C13H12O. The van der Waals surface area contributed by atoms with Crippen LogP contribution in [0.5, 0.6) is 0 Å². The van der Waals surface area contributed by atoms with E-state index in [-0.39, 0.29) is 11.2 Å². The summed E-state index contributed by atoms with van der Waals surface area (Å²) in [5.74, 6) is 3.02. The van der Waals surface area contributed by atoms with Gasteiger partial charge < -0.3 is 0 Å². The molecule has 70 valence electrons. The summed E-state index contributed by atoms with van der Waals surface area (Å²) < 4.78 is 0. The Labute approximate surface area is 84.1 Å². The van der Waals surface area contributed by atoms with Gasteiger partial charge in [0.25, 0.3) is 0 Å². The maximum Gasteiger partial charge on any atom is 0.163 e. The predicted molar refractivity (Wildman–Crippen MR) is 56.2 cm³/mol. The van der Waals surface area contributed by atoms with Crippen LogP contribution in [0.3, 0.4) is 0 Å². The number of Topliss-reactive ketones (excluding diaryl/α,β-unsaturated/α-hetero) is 1. The van der Waals surface area contributed by atoms with E-state index in [0.29, 0.717) is 6.42 Å². The molecule has 0 aromatic heterocycles. The molecule has 14 heavy (non-hydrogen) atoms. The first kappa shape index (κ1) is 9.02. The van der Waals surface area contributed by atoms with Gasteiger partial charge in [0.05, 0.1) is 5.41 Å². The van der Waals surface area contributed by atoms with E-state index < -0.39 is 0 Å². The molecule has 1 nitrogen and oxygen atoms in total. The van der Waals surface area contributed by atoms with Gasteiger partial charge in [0.15, 0.2) is 5.78 Å².